The molecular weight excluding hydrogens is 222 g/mol. The molecule has 2 rings (SSSR count). The van der Waals surface area contributed by atoms with Gasteiger partial charge in [0, 0.05) is 38.4 Å². The first-order valence-electron chi connectivity index (χ1n) is 5.73. The van der Waals surface area contributed by atoms with Crippen LogP contribution in [-0.2, 0) is 0 Å². The minimum absolute atomic E-state index is 0.666. The van der Waals surface area contributed by atoms with Gasteiger partial charge in [-0.3, -0.25) is 0 Å². The van der Waals surface area contributed by atoms with Crippen molar-refractivity contribution in [2.24, 2.45) is 0 Å². The second-order valence-electron chi connectivity index (χ2n) is 4.26. The number of nitrogens with zero attached hydrogens (tertiary/aromatic N) is 3. The molecule has 0 unspecified atom stereocenters. The zero-order valence-electron chi connectivity index (χ0n) is 10.5. The second-order valence-corrected chi connectivity index (χ2v) is 4.26. The fourth-order valence-electron chi connectivity index (χ4n) is 1.75. The summed E-state index contributed by atoms with van der Waals surface area (Å²) in [7, 11) is 3.82. The maximum Gasteiger partial charge on any atom is 0.101 e. The molecule has 90 valence electrons. The molecule has 3 heteroatoms. The van der Waals surface area contributed by atoms with Crippen LogP contribution in [-0.4, -0.2) is 23.6 Å². The number of rotatable bonds is 3. The van der Waals surface area contributed by atoms with Gasteiger partial charge in [-0.25, -0.2) is 0 Å². The van der Waals surface area contributed by atoms with Gasteiger partial charge < -0.3 is 9.47 Å². The third-order valence-corrected chi connectivity index (χ3v) is 2.59. The van der Waals surface area contributed by atoms with Gasteiger partial charge in [0.05, 0.1) is 5.57 Å². The lowest BCUT2D eigenvalue weighted by molar-refractivity contribution is 0.566. The van der Waals surface area contributed by atoms with E-state index < -0.39 is 0 Å². The lowest BCUT2D eigenvalue weighted by Crippen LogP contribution is -2.02. The molecule has 2 aromatic rings. The molecule has 0 aliphatic carbocycles. The Morgan fingerprint density at radius 2 is 1.78 bits per heavy atom. The summed E-state index contributed by atoms with van der Waals surface area (Å²) in [5, 5.41) is 9.13. The van der Waals surface area contributed by atoms with Crippen molar-refractivity contribution >= 4 is 5.57 Å². The van der Waals surface area contributed by atoms with Gasteiger partial charge in [-0.05, 0) is 29.8 Å². The zero-order chi connectivity index (χ0) is 13.0. The largest absolute Gasteiger partial charge is 0.382 e. The molecule has 0 N–H and O–H groups in total. The van der Waals surface area contributed by atoms with Crippen molar-refractivity contribution in [2.75, 3.05) is 14.1 Å². The number of hydrogen-bond donors (Lipinski definition) is 0. The normalized spacial score (nSPS) is 11.1. The number of benzene rings is 1. The van der Waals surface area contributed by atoms with E-state index in [9.17, 15) is 0 Å². The van der Waals surface area contributed by atoms with E-state index in [1.54, 1.807) is 0 Å². The molecule has 0 atom stereocenters. The van der Waals surface area contributed by atoms with Gasteiger partial charge in [0.2, 0.25) is 0 Å². The van der Waals surface area contributed by atoms with Crippen molar-refractivity contribution in [2.45, 2.75) is 0 Å². The van der Waals surface area contributed by atoms with Gasteiger partial charge in [0.15, 0.2) is 0 Å². The van der Waals surface area contributed by atoms with Crippen LogP contribution in [0.2, 0.25) is 0 Å². The standard InChI is InChI=1S/C15H15N3/c1-17(2)12-14(11-16)13-5-7-15(8-6-13)18-9-3-4-10-18/h3-10,12H,1-2H3. The molecular formula is C15H15N3. The Hall–Kier alpha value is -2.47. The molecule has 0 amide bonds. The number of nitriles is 1. The van der Waals surface area contributed by atoms with Crippen LogP contribution in [0.3, 0.4) is 0 Å². The van der Waals surface area contributed by atoms with E-state index in [0.29, 0.717) is 5.57 Å². The van der Waals surface area contributed by atoms with Crippen molar-refractivity contribution in [3.05, 3.63) is 60.6 Å². The smallest absolute Gasteiger partial charge is 0.101 e. The molecule has 0 saturated carbocycles. The Balaban J connectivity index is 2.31. The van der Waals surface area contributed by atoms with Gasteiger partial charge in [-0.15, -0.1) is 0 Å². The van der Waals surface area contributed by atoms with Crippen molar-refractivity contribution in [3.8, 4) is 11.8 Å². The van der Waals surface area contributed by atoms with E-state index in [1.807, 2.05) is 78.6 Å². The monoisotopic (exact) mass is 237 g/mol. The molecule has 0 aliphatic heterocycles. The minimum Gasteiger partial charge on any atom is -0.382 e. The number of hydrogen-bond acceptors (Lipinski definition) is 2. The Labute approximate surface area is 107 Å². The van der Waals surface area contributed by atoms with Crippen LogP contribution in [0.4, 0.5) is 0 Å². The Kier molecular flexibility index (Phi) is 3.49. The van der Waals surface area contributed by atoms with Crippen molar-refractivity contribution in [1.82, 2.24) is 9.47 Å². The summed E-state index contributed by atoms with van der Waals surface area (Å²) in [5.74, 6) is 0. The molecule has 1 aromatic heterocycles. The Morgan fingerprint density at radius 3 is 2.28 bits per heavy atom. The molecule has 0 bridgehead atoms. The van der Waals surface area contributed by atoms with Gasteiger partial charge in [-0.1, -0.05) is 12.1 Å². The summed E-state index contributed by atoms with van der Waals surface area (Å²) in [6, 6.07) is 14.1. The molecule has 0 spiro atoms. The molecule has 0 saturated heterocycles. The molecule has 18 heavy (non-hydrogen) atoms. The maximum absolute atomic E-state index is 9.13. The first-order chi connectivity index (χ1) is 8.70. The summed E-state index contributed by atoms with van der Waals surface area (Å²) in [4.78, 5) is 1.87. The first kappa shape index (κ1) is 12.0. The van der Waals surface area contributed by atoms with Crippen molar-refractivity contribution in [3.63, 3.8) is 0 Å². The lowest BCUT2D eigenvalue weighted by Gasteiger charge is -2.08. The van der Waals surface area contributed by atoms with Gasteiger partial charge in [0.25, 0.3) is 0 Å². The van der Waals surface area contributed by atoms with Gasteiger partial charge in [0.1, 0.15) is 6.07 Å². The van der Waals surface area contributed by atoms with Crippen molar-refractivity contribution in [1.29, 1.82) is 5.26 Å². The predicted molar refractivity (Wildman–Crippen MR) is 73.0 cm³/mol. The molecule has 1 heterocycles. The fraction of sp³-hybridized carbons (Fsp3) is 0.133. The zero-order valence-corrected chi connectivity index (χ0v) is 10.5. The third kappa shape index (κ3) is 2.61. The van der Waals surface area contributed by atoms with Crippen LogP contribution in [0.25, 0.3) is 11.3 Å². The Bertz CT molecular complexity index is 569. The number of allylic oxidation sites excluding steroid dienone is 1. The van der Waals surface area contributed by atoms with E-state index in [2.05, 4.69) is 6.07 Å². The predicted octanol–water partition coefficient (Wildman–Crippen LogP) is 2.90. The average Bonchev–Trinajstić information content (AvgIpc) is 2.90. The average molecular weight is 237 g/mol. The van der Waals surface area contributed by atoms with E-state index >= 15 is 0 Å². The third-order valence-electron chi connectivity index (χ3n) is 2.59. The molecule has 0 radical (unpaired) electrons. The SMILES string of the molecule is CN(C)C=C(C#N)c1ccc(-n2cccc2)cc1. The fourth-order valence-corrected chi connectivity index (χ4v) is 1.75. The van der Waals surface area contributed by atoms with Crippen LogP contribution in [0.15, 0.2) is 55.0 Å². The van der Waals surface area contributed by atoms with Crippen LogP contribution >= 0.6 is 0 Å². The summed E-state index contributed by atoms with van der Waals surface area (Å²) in [6.07, 6.45) is 5.82. The molecule has 1 aromatic carbocycles. The van der Waals surface area contributed by atoms with Crippen LogP contribution < -0.4 is 0 Å². The summed E-state index contributed by atoms with van der Waals surface area (Å²) in [5.41, 5.74) is 2.69. The highest BCUT2D eigenvalue weighted by Crippen LogP contribution is 2.17. The second kappa shape index (κ2) is 5.24. The Morgan fingerprint density at radius 1 is 1.17 bits per heavy atom. The van der Waals surface area contributed by atoms with Gasteiger partial charge in [-0.2, -0.15) is 5.26 Å². The molecule has 0 aliphatic rings. The van der Waals surface area contributed by atoms with Crippen LogP contribution in [0, 0.1) is 11.3 Å². The topological polar surface area (TPSA) is 32.0 Å². The first-order valence-corrected chi connectivity index (χ1v) is 5.73. The quantitative estimate of drug-likeness (QED) is 0.769. The van der Waals surface area contributed by atoms with Crippen LogP contribution in [0.5, 0.6) is 0 Å². The van der Waals surface area contributed by atoms with Crippen LogP contribution in [0.1, 0.15) is 5.56 Å². The number of aromatic nitrogens is 1. The highest BCUT2D eigenvalue weighted by molar-refractivity contribution is 5.76. The van der Waals surface area contributed by atoms with E-state index in [1.165, 1.54) is 0 Å². The highest BCUT2D eigenvalue weighted by Gasteiger charge is 2.01. The molecule has 0 fully saturated rings. The highest BCUT2D eigenvalue weighted by atomic mass is 15.0. The lowest BCUT2D eigenvalue weighted by atomic mass is 10.1. The molecule has 3 nitrogen and oxygen atoms in total. The van der Waals surface area contributed by atoms with Crippen molar-refractivity contribution < 1.29 is 0 Å². The van der Waals surface area contributed by atoms with Gasteiger partial charge >= 0.3 is 0 Å². The minimum atomic E-state index is 0.666. The maximum atomic E-state index is 9.13. The summed E-state index contributed by atoms with van der Waals surface area (Å²) >= 11 is 0. The van der Waals surface area contributed by atoms with E-state index in [-0.39, 0.29) is 0 Å². The summed E-state index contributed by atoms with van der Waals surface area (Å²) < 4.78 is 2.03. The van der Waals surface area contributed by atoms with E-state index in [0.717, 1.165) is 11.3 Å². The van der Waals surface area contributed by atoms with E-state index in [4.69, 9.17) is 5.26 Å². The summed E-state index contributed by atoms with van der Waals surface area (Å²) in [6.45, 7) is 0.